The Bertz CT molecular complexity index is 748. The molecule has 2 aromatic rings. The molecule has 4 N–H and O–H groups in total. The van der Waals surface area contributed by atoms with E-state index in [1.54, 1.807) is 24.3 Å². The molecule has 0 heterocycles. The van der Waals surface area contributed by atoms with Gasteiger partial charge in [-0.05, 0) is 56.3 Å². The molecule has 0 saturated heterocycles. The van der Waals surface area contributed by atoms with E-state index in [-0.39, 0.29) is 30.4 Å². The monoisotopic (exact) mass is 390 g/mol. The minimum atomic E-state index is -0.269. The molecule has 3 amide bonds. The maximum absolute atomic E-state index is 12.5. The molecule has 0 spiro atoms. The molecular formula is C20H27ClN4O2. The van der Waals surface area contributed by atoms with Crippen LogP contribution < -0.4 is 21.3 Å². The van der Waals surface area contributed by atoms with E-state index in [1.165, 1.54) is 0 Å². The van der Waals surface area contributed by atoms with Gasteiger partial charge in [0.1, 0.15) is 0 Å². The lowest BCUT2D eigenvalue weighted by Crippen LogP contribution is -2.34. The number of para-hydroxylation sites is 1. The average molecular weight is 391 g/mol. The fourth-order valence-electron chi connectivity index (χ4n) is 2.38. The van der Waals surface area contributed by atoms with Crippen molar-refractivity contribution in [1.29, 1.82) is 0 Å². The minimum absolute atomic E-state index is 0. The number of carbonyl (C=O) groups excluding carboxylic acids is 2. The molecule has 2 rings (SSSR count). The second kappa shape index (κ2) is 11.2. The maximum atomic E-state index is 12.5. The van der Waals surface area contributed by atoms with Crippen molar-refractivity contribution in [1.82, 2.24) is 10.6 Å². The van der Waals surface area contributed by atoms with E-state index in [4.69, 9.17) is 0 Å². The molecule has 7 heteroatoms. The molecule has 27 heavy (non-hydrogen) atoms. The standard InChI is InChI=1S/C20H26N4O2.ClH/c1-4-21-13-16-7-5-6-8-18(16)24-19(25)15-9-11-17(12-10-15)23-20(26)22-14(2)3;/h5-12,14,21H,4,13H2,1-3H3,(H,24,25)(H2,22,23,26);1H. The topological polar surface area (TPSA) is 82.3 Å². The summed E-state index contributed by atoms with van der Waals surface area (Å²) in [6.45, 7) is 7.38. The minimum Gasteiger partial charge on any atom is -0.336 e. The van der Waals surface area contributed by atoms with Gasteiger partial charge in [0.15, 0.2) is 0 Å². The fraction of sp³-hybridized carbons (Fsp3) is 0.300. The highest BCUT2D eigenvalue weighted by atomic mass is 35.5. The number of anilines is 2. The molecule has 0 bridgehead atoms. The van der Waals surface area contributed by atoms with Gasteiger partial charge in [0.25, 0.3) is 5.91 Å². The molecule has 0 fully saturated rings. The Balaban J connectivity index is 0.00000364. The summed E-state index contributed by atoms with van der Waals surface area (Å²) >= 11 is 0. The van der Waals surface area contributed by atoms with Crippen molar-refractivity contribution in [2.75, 3.05) is 17.2 Å². The van der Waals surface area contributed by atoms with E-state index in [2.05, 4.69) is 21.3 Å². The van der Waals surface area contributed by atoms with Crippen LogP contribution in [-0.4, -0.2) is 24.5 Å². The van der Waals surface area contributed by atoms with E-state index in [1.807, 2.05) is 45.0 Å². The summed E-state index contributed by atoms with van der Waals surface area (Å²) in [5.74, 6) is -0.188. The summed E-state index contributed by atoms with van der Waals surface area (Å²) in [7, 11) is 0. The van der Waals surface area contributed by atoms with Gasteiger partial charge in [-0.3, -0.25) is 4.79 Å². The second-order valence-corrected chi connectivity index (χ2v) is 6.22. The predicted molar refractivity (Wildman–Crippen MR) is 113 cm³/mol. The molecule has 0 aliphatic heterocycles. The summed E-state index contributed by atoms with van der Waals surface area (Å²) in [4.78, 5) is 24.2. The third-order valence-corrected chi connectivity index (χ3v) is 3.66. The van der Waals surface area contributed by atoms with Crippen molar-refractivity contribution < 1.29 is 9.59 Å². The van der Waals surface area contributed by atoms with Crippen LogP contribution in [0.25, 0.3) is 0 Å². The van der Waals surface area contributed by atoms with E-state index in [0.717, 1.165) is 17.8 Å². The van der Waals surface area contributed by atoms with Crippen molar-refractivity contribution in [3.8, 4) is 0 Å². The van der Waals surface area contributed by atoms with Crippen LogP contribution in [0.3, 0.4) is 0 Å². The number of amides is 3. The number of nitrogens with one attached hydrogen (secondary N) is 4. The first-order chi connectivity index (χ1) is 12.5. The van der Waals surface area contributed by atoms with Gasteiger partial charge in [-0.2, -0.15) is 0 Å². The third-order valence-electron chi connectivity index (χ3n) is 3.66. The van der Waals surface area contributed by atoms with Crippen molar-refractivity contribution in [3.63, 3.8) is 0 Å². The molecule has 0 aliphatic carbocycles. The maximum Gasteiger partial charge on any atom is 0.319 e. The summed E-state index contributed by atoms with van der Waals surface area (Å²) in [5.41, 5.74) is 2.98. The summed E-state index contributed by atoms with van der Waals surface area (Å²) in [6, 6.07) is 14.3. The summed E-state index contributed by atoms with van der Waals surface area (Å²) < 4.78 is 0. The van der Waals surface area contributed by atoms with Crippen LogP contribution in [0.4, 0.5) is 16.2 Å². The fourth-order valence-corrected chi connectivity index (χ4v) is 2.38. The number of urea groups is 1. The molecule has 0 aliphatic rings. The molecule has 0 aromatic heterocycles. The van der Waals surface area contributed by atoms with Crippen LogP contribution in [0.1, 0.15) is 36.7 Å². The van der Waals surface area contributed by atoms with E-state index in [0.29, 0.717) is 17.8 Å². The number of rotatable bonds is 7. The summed E-state index contributed by atoms with van der Waals surface area (Å²) in [5, 5.41) is 11.7. The molecule has 146 valence electrons. The Morgan fingerprint density at radius 2 is 1.63 bits per heavy atom. The van der Waals surface area contributed by atoms with Crippen LogP contribution in [0.5, 0.6) is 0 Å². The van der Waals surface area contributed by atoms with Gasteiger partial charge in [0.05, 0.1) is 0 Å². The number of hydrogen-bond acceptors (Lipinski definition) is 3. The molecule has 0 unspecified atom stereocenters. The number of benzene rings is 2. The van der Waals surface area contributed by atoms with Gasteiger partial charge >= 0.3 is 6.03 Å². The summed E-state index contributed by atoms with van der Waals surface area (Å²) in [6.07, 6.45) is 0. The van der Waals surface area contributed by atoms with Gasteiger partial charge in [-0.1, -0.05) is 25.1 Å². The van der Waals surface area contributed by atoms with Crippen LogP contribution >= 0.6 is 12.4 Å². The lowest BCUT2D eigenvalue weighted by molar-refractivity contribution is 0.102. The van der Waals surface area contributed by atoms with Crippen molar-refractivity contribution >= 4 is 35.7 Å². The highest BCUT2D eigenvalue weighted by Gasteiger charge is 2.10. The van der Waals surface area contributed by atoms with Crippen LogP contribution in [0.15, 0.2) is 48.5 Å². The van der Waals surface area contributed by atoms with Gasteiger partial charge in [0.2, 0.25) is 0 Å². The highest BCUT2D eigenvalue weighted by Crippen LogP contribution is 2.17. The lowest BCUT2D eigenvalue weighted by atomic mass is 10.1. The largest absolute Gasteiger partial charge is 0.336 e. The van der Waals surface area contributed by atoms with Gasteiger partial charge in [-0.15, -0.1) is 12.4 Å². The lowest BCUT2D eigenvalue weighted by Gasteiger charge is -2.12. The van der Waals surface area contributed by atoms with E-state index >= 15 is 0 Å². The Morgan fingerprint density at radius 1 is 0.963 bits per heavy atom. The first-order valence-electron chi connectivity index (χ1n) is 8.77. The van der Waals surface area contributed by atoms with Crippen LogP contribution in [-0.2, 0) is 6.54 Å². The molecule has 0 atom stereocenters. The zero-order valence-corrected chi connectivity index (χ0v) is 16.7. The molecular weight excluding hydrogens is 364 g/mol. The van der Waals surface area contributed by atoms with Gasteiger partial charge < -0.3 is 21.3 Å². The van der Waals surface area contributed by atoms with E-state index in [9.17, 15) is 9.59 Å². The van der Waals surface area contributed by atoms with Crippen LogP contribution in [0, 0.1) is 0 Å². The van der Waals surface area contributed by atoms with Crippen molar-refractivity contribution in [3.05, 3.63) is 59.7 Å². The Labute approximate surface area is 166 Å². The second-order valence-electron chi connectivity index (χ2n) is 6.22. The van der Waals surface area contributed by atoms with Crippen molar-refractivity contribution in [2.24, 2.45) is 0 Å². The smallest absolute Gasteiger partial charge is 0.319 e. The molecule has 6 nitrogen and oxygen atoms in total. The normalized spacial score (nSPS) is 10.1. The predicted octanol–water partition coefficient (Wildman–Crippen LogP) is 4.00. The Morgan fingerprint density at radius 3 is 2.26 bits per heavy atom. The first-order valence-corrected chi connectivity index (χ1v) is 8.77. The van der Waals surface area contributed by atoms with Crippen molar-refractivity contribution in [2.45, 2.75) is 33.4 Å². The van der Waals surface area contributed by atoms with E-state index < -0.39 is 0 Å². The number of halogens is 1. The molecule has 0 saturated carbocycles. The average Bonchev–Trinajstić information content (AvgIpc) is 2.60. The Kier molecular flexibility index (Phi) is 9.33. The number of hydrogen-bond donors (Lipinski definition) is 4. The van der Waals surface area contributed by atoms with Crippen LogP contribution in [0.2, 0.25) is 0 Å². The molecule has 0 radical (unpaired) electrons. The Hall–Kier alpha value is -2.57. The third kappa shape index (κ3) is 7.29. The van der Waals surface area contributed by atoms with Gasteiger partial charge in [-0.25, -0.2) is 4.79 Å². The molecule has 2 aromatic carbocycles. The highest BCUT2D eigenvalue weighted by molar-refractivity contribution is 6.05. The van der Waals surface area contributed by atoms with Gasteiger partial charge in [0, 0.05) is 29.5 Å². The zero-order chi connectivity index (χ0) is 18.9. The zero-order valence-electron chi connectivity index (χ0n) is 15.8. The first kappa shape index (κ1) is 22.5. The quantitative estimate of drug-likeness (QED) is 0.576. The SMILES string of the molecule is CCNCc1ccccc1NC(=O)c1ccc(NC(=O)NC(C)C)cc1.Cl. The number of carbonyl (C=O) groups is 2.